The number of hydrogen-bond donors (Lipinski definition) is 1. The van der Waals surface area contributed by atoms with Crippen molar-refractivity contribution in [2.45, 2.75) is 58.4 Å². The Morgan fingerprint density at radius 3 is 2.68 bits per heavy atom. The van der Waals surface area contributed by atoms with Gasteiger partial charge in [0.2, 0.25) is 0 Å². The summed E-state index contributed by atoms with van der Waals surface area (Å²) in [6.45, 7) is 5.40. The van der Waals surface area contributed by atoms with Gasteiger partial charge in [0.15, 0.2) is 0 Å². The Kier molecular flexibility index (Phi) is 5.72. The molecular weight excluding hydrogens is 254 g/mol. The van der Waals surface area contributed by atoms with Gasteiger partial charge in [0.25, 0.3) is 0 Å². The van der Waals surface area contributed by atoms with Crippen LogP contribution in [0.1, 0.15) is 62.6 Å². The summed E-state index contributed by atoms with van der Waals surface area (Å²) in [5, 5.41) is 4.51. The Hall–Kier alpha value is -0.530. The van der Waals surface area contributed by atoms with Crippen LogP contribution in [-0.4, -0.2) is 6.54 Å². The van der Waals surface area contributed by atoms with E-state index in [4.69, 9.17) is 11.6 Å². The first-order valence-corrected chi connectivity index (χ1v) is 8.08. The molecule has 0 aliphatic heterocycles. The van der Waals surface area contributed by atoms with Crippen molar-refractivity contribution in [3.05, 3.63) is 34.3 Å². The molecule has 106 valence electrons. The van der Waals surface area contributed by atoms with Crippen molar-refractivity contribution in [3.8, 4) is 0 Å². The van der Waals surface area contributed by atoms with Crippen LogP contribution in [-0.2, 0) is 0 Å². The molecule has 0 aromatic heterocycles. The highest BCUT2D eigenvalue weighted by atomic mass is 35.5. The van der Waals surface area contributed by atoms with Crippen LogP contribution in [0.25, 0.3) is 0 Å². The maximum Gasteiger partial charge on any atom is 0.0409 e. The van der Waals surface area contributed by atoms with Crippen LogP contribution in [0.5, 0.6) is 0 Å². The number of halogens is 1. The van der Waals surface area contributed by atoms with E-state index in [2.05, 4.69) is 31.3 Å². The number of rotatable bonds is 5. The van der Waals surface area contributed by atoms with Gasteiger partial charge in [-0.2, -0.15) is 0 Å². The predicted octanol–water partition coefficient (Wildman–Crippen LogP) is 5.27. The minimum absolute atomic E-state index is 0.465. The molecule has 1 fully saturated rings. The third-order valence-corrected chi connectivity index (χ3v) is 4.60. The van der Waals surface area contributed by atoms with Crippen molar-refractivity contribution < 1.29 is 0 Å². The van der Waals surface area contributed by atoms with Crippen LogP contribution in [0.4, 0.5) is 0 Å². The maximum absolute atomic E-state index is 6.18. The van der Waals surface area contributed by atoms with Gasteiger partial charge in [-0.15, -0.1) is 0 Å². The summed E-state index contributed by atoms with van der Waals surface area (Å²) in [5.41, 5.74) is 2.74. The van der Waals surface area contributed by atoms with Crippen LogP contribution < -0.4 is 5.32 Å². The van der Waals surface area contributed by atoms with Crippen molar-refractivity contribution in [1.82, 2.24) is 5.32 Å². The quantitative estimate of drug-likeness (QED) is 0.774. The molecule has 0 amide bonds. The average molecular weight is 280 g/mol. The zero-order chi connectivity index (χ0) is 13.7. The number of benzene rings is 1. The second-order valence-electron chi connectivity index (χ2n) is 5.85. The van der Waals surface area contributed by atoms with Gasteiger partial charge >= 0.3 is 0 Å². The first-order valence-electron chi connectivity index (χ1n) is 7.70. The lowest BCUT2D eigenvalue weighted by Crippen LogP contribution is -2.25. The van der Waals surface area contributed by atoms with Crippen LogP contribution >= 0.6 is 11.6 Å². The molecule has 1 N–H and O–H groups in total. The standard InChI is InChI=1S/C17H26ClN/c1-3-19-17(11-14-7-5-4-6-8-14)16-12-15(18)10-9-13(16)2/h9-10,12,14,17,19H,3-8,11H2,1-2H3. The highest BCUT2D eigenvalue weighted by Gasteiger charge is 2.20. The highest BCUT2D eigenvalue weighted by molar-refractivity contribution is 6.30. The van der Waals surface area contributed by atoms with Crippen LogP contribution in [0.3, 0.4) is 0 Å². The number of nitrogens with one attached hydrogen (secondary N) is 1. The lowest BCUT2D eigenvalue weighted by Gasteiger charge is -2.28. The first-order chi connectivity index (χ1) is 9.20. The van der Waals surface area contributed by atoms with E-state index in [9.17, 15) is 0 Å². The smallest absolute Gasteiger partial charge is 0.0409 e. The summed E-state index contributed by atoms with van der Waals surface area (Å²) in [5.74, 6) is 0.885. The monoisotopic (exact) mass is 279 g/mol. The van der Waals surface area contributed by atoms with Gasteiger partial charge < -0.3 is 5.32 Å². The lowest BCUT2D eigenvalue weighted by molar-refractivity contribution is 0.301. The van der Waals surface area contributed by atoms with Crippen LogP contribution in [0.15, 0.2) is 18.2 Å². The van der Waals surface area contributed by atoms with E-state index in [1.807, 2.05) is 6.07 Å². The normalized spacial score (nSPS) is 18.5. The van der Waals surface area contributed by atoms with E-state index in [-0.39, 0.29) is 0 Å². The molecule has 0 saturated heterocycles. The van der Waals surface area contributed by atoms with Gasteiger partial charge in [0.1, 0.15) is 0 Å². The minimum Gasteiger partial charge on any atom is -0.310 e. The van der Waals surface area contributed by atoms with Gasteiger partial charge in [0, 0.05) is 11.1 Å². The second kappa shape index (κ2) is 7.31. The Labute approximate surface area is 122 Å². The fourth-order valence-electron chi connectivity index (χ4n) is 3.31. The fraction of sp³-hybridized carbons (Fsp3) is 0.647. The molecule has 1 aliphatic carbocycles. The molecule has 1 aliphatic rings. The molecule has 19 heavy (non-hydrogen) atoms. The SMILES string of the molecule is CCNC(CC1CCCCC1)c1cc(Cl)ccc1C. The van der Waals surface area contributed by atoms with Crippen molar-refractivity contribution >= 4 is 11.6 Å². The summed E-state index contributed by atoms with van der Waals surface area (Å²) in [4.78, 5) is 0. The molecule has 1 aromatic rings. The van der Waals surface area contributed by atoms with Crippen molar-refractivity contribution in [1.29, 1.82) is 0 Å². The third kappa shape index (κ3) is 4.22. The molecule has 1 atom stereocenters. The number of aryl methyl sites for hydroxylation is 1. The molecular formula is C17H26ClN. The van der Waals surface area contributed by atoms with Crippen LogP contribution in [0, 0.1) is 12.8 Å². The van der Waals surface area contributed by atoms with E-state index < -0.39 is 0 Å². The summed E-state index contributed by atoms with van der Waals surface area (Å²) < 4.78 is 0. The molecule has 0 radical (unpaired) electrons. The first kappa shape index (κ1) is 14.9. The predicted molar refractivity (Wildman–Crippen MR) is 83.8 cm³/mol. The summed E-state index contributed by atoms with van der Waals surface area (Å²) >= 11 is 6.18. The average Bonchev–Trinajstić information content (AvgIpc) is 2.42. The van der Waals surface area contributed by atoms with Gasteiger partial charge in [-0.05, 0) is 49.1 Å². The maximum atomic E-state index is 6.18. The minimum atomic E-state index is 0.465. The molecule has 1 nitrogen and oxygen atoms in total. The summed E-state index contributed by atoms with van der Waals surface area (Å²) in [6.07, 6.45) is 8.33. The molecule has 0 bridgehead atoms. The fourth-order valence-corrected chi connectivity index (χ4v) is 3.49. The third-order valence-electron chi connectivity index (χ3n) is 4.36. The molecule has 2 heteroatoms. The Bertz CT molecular complexity index is 396. The van der Waals surface area contributed by atoms with E-state index >= 15 is 0 Å². The second-order valence-corrected chi connectivity index (χ2v) is 6.29. The van der Waals surface area contributed by atoms with Crippen molar-refractivity contribution in [2.24, 2.45) is 5.92 Å². The van der Waals surface area contributed by atoms with Crippen LogP contribution in [0.2, 0.25) is 5.02 Å². The molecule has 1 aromatic carbocycles. The Morgan fingerprint density at radius 2 is 2.00 bits per heavy atom. The molecule has 2 rings (SSSR count). The zero-order valence-electron chi connectivity index (χ0n) is 12.2. The van der Waals surface area contributed by atoms with Crippen molar-refractivity contribution in [3.63, 3.8) is 0 Å². The van der Waals surface area contributed by atoms with Gasteiger partial charge in [-0.1, -0.05) is 56.7 Å². The molecule has 0 spiro atoms. The Balaban J connectivity index is 2.11. The summed E-state index contributed by atoms with van der Waals surface area (Å²) in [6, 6.07) is 6.74. The zero-order valence-corrected chi connectivity index (χ0v) is 13.0. The molecule has 0 heterocycles. The van der Waals surface area contributed by atoms with E-state index in [1.54, 1.807) is 0 Å². The van der Waals surface area contributed by atoms with E-state index in [0.717, 1.165) is 17.5 Å². The van der Waals surface area contributed by atoms with E-state index in [1.165, 1.54) is 49.7 Å². The van der Waals surface area contributed by atoms with Gasteiger partial charge in [-0.3, -0.25) is 0 Å². The van der Waals surface area contributed by atoms with Gasteiger partial charge in [-0.25, -0.2) is 0 Å². The largest absolute Gasteiger partial charge is 0.310 e. The molecule has 1 unspecified atom stereocenters. The molecule has 1 saturated carbocycles. The topological polar surface area (TPSA) is 12.0 Å². The lowest BCUT2D eigenvalue weighted by atomic mass is 9.82. The van der Waals surface area contributed by atoms with Gasteiger partial charge in [0.05, 0.1) is 0 Å². The highest BCUT2D eigenvalue weighted by Crippen LogP contribution is 2.33. The summed E-state index contributed by atoms with van der Waals surface area (Å²) in [7, 11) is 0. The van der Waals surface area contributed by atoms with E-state index in [0.29, 0.717) is 6.04 Å². The van der Waals surface area contributed by atoms with Crippen molar-refractivity contribution in [2.75, 3.05) is 6.54 Å². The number of hydrogen-bond acceptors (Lipinski definition) is 1. The Morgan fingerprint density at radius 1 is 1.26 bits per heavy atom.